The number of aliphatic hydroxyl groups is 1. The quantitative estimate of drug-likeness (QED) is 0.545. The van der Waals surface area contributed by atoms with Crippen LogP contribution in [-0.2, 0) is 0 Å². The lowest BCUT2D eigenvalue weighted by atomic mass is 10.3. The average Bonchev–Trinajstić information content (AvgIpc) is 1.83. The molecule has 8 heavy (non-hydrogen) atoms. The van der Waals surface area contributed by atoms with Gasteiger partial charge < -0.3 is 5.11 Å². The molecule has 0 spiro atoms. The van der Waals surface area contributed by atoms with Gasteiger partial charge in [-0.3, -0.25) is 5.09 Å². The van der Waals surface area contributed by atoms with Gasteiger partial charge in [-0.25, -0.2) is 4.39 Å². The van der Waals surface area contributed by atoms with Crippen LogP contribution in [0.25, 0.3) is 0 Å². The number of hydrogen-bond acceptors (Lipinski definition) is 2. The van der Waals surface area contributed by atoms with E-state index in [1.54, 1.807) is 0 Å². The lowest BCUT2D eigenvalue weighted by Gasteiger charge is -1.96. The molecule has 1 atom stereocenters. The van der Waals surface area contributed by atoms with Gasteiger partial charge in [0, 0.05) is 6.54 Å². The molecule has 2 nitrogen and oxygen atoms in total. The third-order valence-corrected chi connectivity index (χ3v) is 0.891. The molecule has 0 bridgehead atoms. The number of rotatable bonds is 3. The van der Waals surface area contributed by atoms with Crippen LogP contribution in [0.5, 0.6) is 0 Å². The van der Waals surface area contributed by atoms with Crippen molar-refractivity contribution in [3.05, 3.63) is 11.9 Å². The van der Waals surface area contributed by atoms with Crippen molar-refractivity contribution < 1.29 is 9.50 Å². The summed E-state index contributed by atoms with van der Waals surface area (Å²) in [5.74, 6) is 0. The lowest BCUT2D eigenvalue weighted by molar-refractivity contribution is 0.326. The van der Waals surface area contributed by atoms with Crippen molar-refractivity contribution in [2.45, 2.75) is 0 Å². The van der Waals surface area contributed by atoms with Gasteiger partial charge in [-0.15, -0.1) is 0 Å². The van der Waals surface area contributed by atoms with Crippen LogP contribution < -0.4 is 5.09 Å². The second kappa shape index (κ2) is 5.16. The molecule has 2 N–H and O–H groups in total. The van der Waals surface area contributed by atoms with Crippen molar-refractivity contribution in [2.75, 3.05) is 13.2 Å². The fraction of sp³-hybridized carbons (Fsp3) is 0.500. The van der Waals surface area contributed by atoms with E-state index >= 15 is 0 Å². The summed E-state index contributed by atoms with van der Waals surface area (Å²) in [4.78, 5) is 0. The maximum Gasteiger partial charge on any atom is 0.0894 e. The number of aliphatic hydroxyl groups excluding tert-OH is 1. The summed E-state index contributed by atoms with van der Waals surface area (Å²) in [5.41, 5.74) is 0.347. The maximum absolute atomic E-state index is 11.5. The van der Waals surface area contributed by atoms with Gasteiger partial charge in [0.2, 0.25) is 0 Å². The van der Waals surface area contributed by atoms with Crippen molar-refractivity contribution in [1.82, 2.24) is 5.09 Å². The summed E-state index contributed by atoms with van der Waals surface area (Å²) >= 11 is 0. The minimum Gasteiger partial charge on any atom is -0.392 e. The van der Waals surface area contributed by atoms with Gasteiger partial charge in [-0.05, 0) is 5.57 Å². The van der Waals surface area contributed by atoms with E-state index in [-0.39, 0.29) is 6.61 Å². The monoisotopic (exact) mass is 137 g/mol. The van der Waals surface area contributed by atoms with Crippen LogP contribution >= 0.6 is 9.39 Å². The molecule has 1 unspecified atom stereocenters. The van der Waals surface area contributed by atoms with E-state index in [2.05, 4.69) is 14.5 Å². The van der Waals surface area contributed by atoms with Crippen LogP contribution in [0.15, 0.2) is 11.9 Å². The highest BCUT2D eigenvalue weighted by Crippen LogP contribution is 1.90. The molecule has 0 amide bonds. The first-order chi connectivity index (χ1) is 3.85. The molecule has 4 heteroatoms. The minimum absolute atomic E-state index is 0.224. The van der Waals surface area contributed by atoms with Crippen LogP contribution in [-0.4, -0.2) is 18.3 Å². The van der Waals surface area contributed by atoms with E-state index in [9.17, 15) is 4.39 Å². The van der Waals surface area contributed by atoms with Gasteiger partial charge in [0.15, 0.2) is 0 Å². The predicted octanol–water partition coefficient (Wildman–Crippen LogP) is 0.212. The molecular weight excluding hydrogens is 128 g/mol. The molecule has 0 saturated carbocycles. The van der Waals surface area contributed by atoms with Crippen LogP contribution in [0.4, 0.5) is 4.39 Å². The van der Waals surface area contributed by atoms with Gasteiger partial charge in [-0.1, -0.05) is 9.39 Å². The minimum atomic E-state index is -0.224. The van der Waals surface area contributed by atoms with Crippen LogP contribution in [0, 0.1) is 0 Å². The molecule has 0 saturated heterocycles. The molecule has 48 valence electrons. The smallest absolute Gasteiger partial charge is 0.0894 e. The first kappa shape index (κ1) is 8.02. The first-order valence-corrected chi connectivity index (χ1v) is 2.75. The molecule has 0 aliphatic carbocycles. The fourth-order valence-electron chi connectivity index (χ4n) is 0.260. The highest BCUT2D eigenvalue weighted by Gasteiger charge is 1.89. The maximum atomic E-state index is 11.5. The van der Waals surface area contributed by atoms with Crippen molar-refractivity contribution in [3.8, 4) is 0 Å². The Kier molecular flexibility index (Phi) is 5.18. The molecule has 0 radical (unpaired) electrons. The molecule has 0 heterocycles. The first-order valence-electron chi connectivity index (χ1n) is 2.17. The Bertz CT molecular complexity index is 86.1. The van der Waals surface area contributed by atoms with Crippen molar-refractivity contribution in [3.63, 3.8) is 0 Å². The molecule has 0 fully saturated rings. The molecular formula is C4H9FNOP. The third kappa shape index (κ3) is 3.08. The Labute approximate surface area is 50.0 Å². The summed E-state index contributed by atoms with van der Waals surface area (Å²) in [7, 11) is 2.21. The largest absolute Gasteiger partial charge is 0.392 e. The second-order valence-corrected chi connectivity index (χ2v) is 1.71. The normalized spacial score (nSPS) is 12.1. The van der Waals surface area contributed by atoms with E-state index in [0.717, 1.165) is 0 Å². The Morgan fingerprint density at radius 1 is 1.88 bits per heavy atom. The predicted molar refractivity (Wildman–Crippen MR) is 34.0 cm³/mol. The highest BCUT2D eigenvalue weighted by atomic mass is 31.0. The molecule has 0 rings (SSSR count). The Morgan fingerprint density at radius 2 is 2.50 bits per heavy atom. The van der Waals surface area contributed by atoms with Gasteiger partial charge in [0.05, 0.1) is 12.9 Å². The number of hydrogen-bond donors (Lipinski definition) is 2. The molecule has 0 aromatic heterocycles. The number of halogens is 1. The molecule has 0 aliphatic rings. The summed E-state index contributed by atoms with van der Waals surface area (Å²) < 4.78 is 11.5. The highest BCUT2D eigenvalue weighted by molar-refractivity contribution is 7.13. The topological polar surface area (TPSA) is 32.3 Å². The lowest BCUT2D eigenvalue weighted by Crippen LogP contribution is -2.06. The number of nitrogens with one attached hydrogen (secondary N) is 1. The molecule has 0 aliphatic heterocycles. The second-order valence-electron chi connectivity index (χ2n) is 1.31. The van der Waals surface area contributed by atoms with Gasteiger partial charge in [0.25, 0.3) is 0 Å². The third-order valence-electron chi connectivity index (χ3n) is 0.687. The van der Waals surface area contributed by atoms with Gasteiger partial charge in [0.1, 0.15) is 0 Å². The Morgan fingerprint density at radius 3 is 2.62 bits per heavy atom. The van der Waals surface area contributed by atoms with E-state index in [0.29, 0.717) is 18.4 Å². The summed E-state index contributed by atoms with van der Waals surface area (Å²) in [5, 5.41) is 10.9. The molecule has 0 aromatic rings. The summed E-state index contributed by atoms with van der Waals surface area (Å²) in [6.07, 6.45) is 0.400. The van der Waals surface area contributed by atoms with Gasteiger partial charge in [-0.2, -0.15) is 0 Å². The summed E-state index contributed by atoms with van der Waals surface area (Å²) in [6.45, 7) is 0.148. The van der Waals surface area contributed by atoms with E-state index in [4.69, 9.17) is 5.11 Å². The van der Waals surface area contributed by atoms with Gasteiger partial charge >= 0.3 is 0 Å². The zero-order valence-electron chi connectivity index (χ0n) is 4.39. The van der Waals surface area contributed by atoms with Crippen LogP contribution in [0.2, 0.25) is 0 Å². The van der Waals surface area contributed by atoms with Crippen molar-refractivity contribution >= 4 is 9.39 Å². The zero-order chi connectivity index (χ0) is 6.41. The standard InChI is InChI=1S/C4H9FNOP/c5-1-4(3-7)2-6-8/h1,6-7H,2-3,8H2/b4-1+. The van der Waals surface area contributed by atoms with Crippen LogP contribution in [0.3, 0.4) is 0 Å². The van der Waals surface area contributed by atoms with E-state index < -0.39 is 0 Å². The van der Waals surface area contributed by atoms with Crippen molar-refractivity contribution in [1.29, 1.82) is 0 Å². The molecule has 0 aromatic carbocycles. The fourth-order valence-corrected chi connectivity index (χ4v) is 0.522. The summed E-state index contributed by atoms with van der Waals surface area (Å²) in [6, 6.07) is 0. The van der Waals surface area contributed by atoms with Crippen molar-refractivity contribution in [2.24, 2.45) is 0 Å². The zero-order valence-corrected chi connectivity index (χ0v) is 5.55. The SMILES string of the molecule is OC/C(=C/F)CNP. The van der Waals surface area contributed by atoms with E-state index in [1.165, 1.54) is 0 Å². The Hall–Kier alpha value is 0.0200. The average molecular weight is 137 g/mol. The van der Waals surface area contributed by atoms with Crippen LogP contribution in [0.1, 0.15) is 0 Å². The van der Waals surface area contributed by atoms with E-state index in [1.807, 2.05) is 0 Å². The Balaban J connectivity index is 3.38.